The van der Waals surface area contributed by atoms with Crippen LogP contribution in [-0.4, -0.2) is 36.5 Å². The van der Waals surface area contributed by atoms with Crippen LogP contribution in [0.25, 0.3) is 0 Å². The van der Waals surface area contributed by atoms with E-state index in [1.165, 1.54) is 5.56 Å². The lowest BCUT2D eigenvalue weighted by molar-refractivity contribution is -0.131. The first-order valence-corrected chi connectivity index (χ1v) is 8.49. The van der Waals surface area contributed by atoms with Gasteiger partial charge in [-0.15, -0.1) is 0 Å². The van der Waals surface area contributed by atoms with Crippen molar-refractivity contribution in [2.75, 3.05) is 19.6 Å². The number of amides is 1. The maximum atomic E-state index is 12.6. The number of hydrogen-bond acceptors (Lipinski definition) is 3. The van der Waals surface area contributed by atoms with E-state index in [2.05, 4.69) is 34.5 Å². The summed E-state index contributed by atoms with van der Waals surface area (Å²) in [6.07, 6.45) is 5.22. The SMILES string of the molecule is NCC1(C(=O)NC2CCN(Cc3ccccc3)C2)CCCC1. The van der Waals surface area contributed by atoms with Gasteiger partial charge in [0.05, 0.1) is 5.41 Å². The molecule has 0 bridgehead atoms. The molecule has 22 heavy (non-hydrogen) atoms. The summed E-state index contributed by atoms with van der Waals surface area (Å²) in [5, 5.41) is 3.27. The van der Waals surface area contributed by atoms with Crippen molar-refractivity contribution in [3.63, 3.8) is 0 Å². The molecule has 1 saturated carbocycles. The van der Waals surface area contributed by atoms with Crippen molar-refractivity contribution in [1.29, 1.82) is 0 Å². The summed E-state index contributed by atoms with van der Waals surface area (Å²) in [6, 6.07) is 10.8. The summed E-state index contributed by atoms with van der Waals surface area (Å²) in [5.41, 5.74) is 6.95. The molecule has 1 aromatic carbocycles. The molecule has 4 heteroatoms. The molecule has 2 aliphatic rings. The van der Waals surface area contributed by atoms with Gasteiger partial charge >= 0.3 is 0 Å². The molecule has 2 fully saturated rings. The molecular weight excluding hydrogens is 274 g/mol. The van der Waals surface area contributed by atoms with Gasteiger partial charge in [0.1, 0.15) is 0 Å². The highest BCUT2D eigenvalue weighted by Crippen LogP contribution is 2.37. The fraction of sp³-hybridized carbons (Fsp3) is 0.611. The van der Waals surface area contributed by atoms with Gasteiger partial charge in [0.15, 0.2) is 0 Å². The molecule has 4 nitrogen and oxygen atoms in total. The molecule has 1 amide bonds. The van der Waals surface area contributed by atoms with Gasteiger partial charge < -0.3 is 11.1 Å². The lowest BCUT2D eigenvalue weighted by Crippen LogP contribution is -2.48. The fourth-order valence-corrected chi connectivity index (χ4v) is 3.85. The minimum atomic E-state index is -0.285. The normalized spacial score (nSPS) is 24.5. The molecule has 3 rings (SSSR count). The monoisotopic (exact) mass is 301 g/mol. The van der Waals surface area contributed by atoms with Crippen molar-refractivity contribution in [3.05, 3.63) is 35.9 Å². The van der Waals surface area contributed by atoms with Gasteiger partial charge in [-0.25, -0.2) is 0 Å². The van der Waals surface area contributed by atoms with E-state index in [-0.39, 0.29) is 17.4 Å². The van der Waals surface area contributed by atoms with Gasteiger partial charge in [0, 0.05) is 32.2 Å². The number of likely N-dealkylation sites (tertiary alicyclic amines) is 1. The van der Waals surface area contributed by atoms with E-state index in [4.69, 9.17) is 5.73 Å². The summed E-state index contributed by atoms with van der Waals surface area (Å²) in [5.74, 6) is 0.194. The summed E-state index contributed by atoms with van der Waals surface area (Å²) in [6.45, 7) is 3.45. The van der Waals surface area contributed by atoms with Crippen molar-refractivity contribution in [2.24, 2.45) is 11.1 Å². The average Bonchev–Trinajstić information content (AvgIpc) is 3.18. The van der Waals surface area contributed by atoms with Gasteiger partial charge in [-0.05, 0) is 24.8 Å². The predicted molar refractivity (Wildman–Crippen MR) is 88.2 cm³/mol. The second-order valence-corrected chi connectivity index (χ2v) is 6.87. The minimum Gasteiger partial charge on any atom is -0.352 e. The highest BCUT2D eigenvalue weighted by molar-refractivity contribution is 5.83. The van der Waals surface area contributed by atoms with E-state index in [0.717, 1.165) is 51.7 Å². The number of carbonyl (C=O) groups excluding carboxylic acids is 1. The second-order valence-electron chi connectivity index (χ2n) is 6.87. The van der Waals surface area contributed by atoms with Crippen LogP contribution in [0.4, 0.5) is 0 Å². The number of nitrogens with two attached hydrogens (primary N) is 1. The number of nitrogens with one attached hydrogen (secondary N) is 1. The smallest absolute Gasteiger partial charge is 0.227 e. The number of rotatable bonds is 5. The number of hydrogen-bond donors (Lipinski definition) is 2. The standard InChI is InChI=1S/C18H27N3O/c19-14-18(9-4-5-10-18)17(22)20-16-8-11-21(13-16)12-15-6-2-1-3-7-15/h1-3,6-7,16H,4-5,8-14,19H2,(H,20,22). The first-order valence-electron chi connectivity index (χ1n) is 8.49. The number of nitrogens with zero attached hydrogens (tertiary/aromatic N) is 1. The van der Waals surface area contributed by atoms with Gasteiger partial charge in [0.2, 0.25) is 5.91 Å². The topological polar surface area (TPSA) is 58.4 Å². The molecule has 1 atom stereocenters. The van der Waals surface area contributed by atoms with Crippen LogP contribution in [0.2, 0.25) is 0 Å². The Bertz CT molecular complexity index is 496. The maximum Gasteiger partial charge on any atom is 0.227 e. The molecule has 0 aromatic heterocycles. The van der Waals surface area contributed by atoms with Crippen molar-refractivity contribution < 1.29 is 4.79 Å². The van der Waals surface area contributed by atoms with E-state index in [0.29, 0.717) is 6.54 Å². The Morgan fingerprint density at radius 1 is 1.27 bits per heavy atom. The van der Waals surface area contributed by atoms with Crippen LogP contribution < -0.4 is 11.1 Å². The van der Waals surface area contributed by atoms with Crippen LogP contribution in [-0.2, 0) is 11.3 Å². The van der Waals surface area contributed by atoms with Crippen LogP contribution in [0.3, 0.4) is 0 Å². The molecule has 1 aliphatic heterocycles. The average molecular weight is 301 g/mol. The first-order chi connectivity index (χ1) is 10.7. The zero-order valence-corrected chi connectivity index (χ0v) is 13.3. The van der Waals surface area contributed by atoms with Crippen molar-refractivity contribution in [3.8, 4) is 0 Å². The summed E-state index contributed by atoms with van der Waals surface area (Å²) in [7, 11) is 0. The van der Waals surface area contributed by atoms with Crippen molar-refractivity contribution in [2.45, 2.75) is 44.7 Å². The van der Waals surface area contributed by atoms with Crippen LogP contribution in [0, 0.1) is 5.41 Å². The highest BCUT2D eigenvalue weighted by Gasteiger charge is 2.41. The van der Waals surface area contributed by atoms with Crippen LogP contribution >= 0.6 is 0 Å². The summed E-state index contributed by atoms with van der Waals surface area (Å²) < 4.78 is 0. The Hall–Kier alpha value is -1.39. The molecule has 1 heterocycles. The zero-order chi connectivity index (χ0) is 15.4. The van der Waals surface area contributed by atoms with E-state index in [9.17, 15) is 4.79 Å². The predicted octanol–water partition coefficient (Wildman–Crippen LogP) is 1.90. The molecule has 3 N–H and O–H groups in total. The van der Waals surface area contributed by atoms with E-state index in [1.54, 1.807) is 0 Å². The van der Waals surface area contributed by atoms with E-state index in [1.807, 2.05) is 6.07 Å². The third kappa shape index (κ3) is 3.33. The van der Waals surface area contributed by atoms with Gasteiger partial charge in [-0.3, -0.25) is 9.69 Å². The van der Waals surface area contributed by atoms with Crippen molar-refractivity contribution in [1.82, 2.24) is 10.2 Å². The Kier molecular flexibility index (Phi) is 4.79. The maximum absolute atomic E-state index is 12.6. The summed E-state index contributed by atoms with van der Waals surface area (Å²) >= 11 is 0. The molecule has 0 radical (unpaired) electrons. The van der Waals surface area contributed by atoms with Crippen molar-refractivity contribution >= 4 is 5.91 Å². The van der Waals surface area contributed by atoms with Gasteiger partial charge in [-0.2, -0.15) is 0 Å². The zero-order valence-electron chi connectivity index (χ0n) is 13.3. The molecule has 120 valence electrons. The Labute approximate surface area is 133 Å². The third-order valence-corrected chi connectivity index (χ3v) is 5.29. The molecule has 1 saturated heterocycles. The number of carbonyl (C=O) groups is 1. The van der Waals surface area contributed by atoms with Gasteiger partial charge in [-0.1, -0.05) is 43.2 Å². The molecule has 1 aromatic rings. The fourth-order valence-electron chi connectivity index (χ4n) is 3.85. The quantitative estimate of drug-likeness (QED) is 0.873. The Balaban J connectivity index is 1.51. The van der Waals surface area contributed by atoms with Crippen LogP contribution in [0.5, 0.6) is 0 Å². The van der Waals surface area contributed by atoms with E-state index >= 15 is 0 Å². The summed E-state index contributed by atoms with van der Waals surface area (Å²) in [4.78, 5) is 15.0. The molecule has 1 unspecified atom stereocenters. The second kappa shape index (κ2) is 6.80. The Morgan fingerprint density at radius 2 is 2.00 bits per heavy atom. The first kappa shape index (κ1) is 15.5. The van der Waals surface area contributed by atoms with Crippen LogP contribution in [0.15, 0.2) is 30.3 Å². The highest BCUT2D eigenvalue weighted by atomic mass is 16.2. The number of benzene rings is 1. The molecule has 0 spiro atoms. The van der Waals surface area contributed by atoms with Gasteiger partial charge in [0.25, 0.3) is 0 Å². The third-order valence-electron chi connectivity index (χ3n) is 5.29. The largest absolute Gasteiger partial charge is 0.352 e. The minimum absolute atomic E-state index is 0.194. The lowest BCUT2D eigenvalue weighted by Gasteiger charge is -2.28. The molecule has 1 aliphatic carbocycles. The molecular formula is C18H27N3O. The van der Waals surface area contributed by atoms with E-state index < -0.39 is 0 Å². The van der Waals surface area contributed by atoms with Crippen LogP contribution in [0.1, 0.15) is 37.7 Å². The lowest BCUT2D eigenvalue weighted by atomic mass is 9.85. The Morgan fingerprint density at radius 3 is 2.68 bits per heavy atom.